The second kappa shape index (κ2) is 11.3. The Morgan fingerprint density at radius 3 is 2.56 bits per heavy atom. The molecule has 0 aliphatic rings. The molecule has 5 heteroatoms. The van der Waals surface area contributed by atoms with Crippen LogP contribution in [0.4, 0.5) is 5.69 Å². The van der Waals surface area contributed by atoms with Gasteiger partial charge in [-0.3, -0.25) is 0 Å². The monoisotopic (exact) mass is 345 g/mol. The number of nitrogens with one attached hydrogen (secondary N) is 1. The van der Waals surface area contributed by atoms with Crippen LogP contribution in [0.3, 0.4) is 0 Å². The first-order chi connectivity index (χ1) is 12.3. The van der Waals surface area contributed by atoms with Gasteiger partial charge in [0.15, 0.2) is 0 Å². The SMILES string of the molecule is CCOCCOc1cccc(NCc2ccccc2OCCOC)c1. The largest absolute Gasteiger partial charge is 0.491 e. The Morgan fingerprint density at radius 2 is 1.72 bits per heavy atom. The van der Waals surface area contributed by atoms with E-state index in [9.17, 15) is 0 Å². The highest BCUT2D eigenvalue weighted by Crippen LogP contribution is 2.22. The fourth-order valence-electron chi connectivity index (χ4n) is 2.28. The molecule has 0 heterocycles. The number of ether oxygens (including phenoxy) is 4. The van der Waals surface area contributed by atoms with Gasteiger partial charge in [-0.05, 0) is 25.1 Å². The summed E-state index contributed by atoms with van der Waals surface area (Å²) in [6.07, 6.45) is 0. The predicted octanol–water partition coefficient (Wildman–Crippen LogP) is 3.74. The Kier molecular flexibility index (Phi) is 8.66. The van der Waals surface area contributed by atoms with Crippen LogP contribution in [-0.2, 0) is 16.0 Å². The fourth-order valence-corrected chi connectivity index (χ4v) is 2.28. The lowest BCUT2D eigenvalue weighted by Crippen LogP contribution is -2.08. The molecule has 1 N–H and O–H groups in total. The first-order valence-corrected chi connectivity index (χ1v) is 8.57. The van der Waals surface area contributed by atoms with Gasteiger partial charge < -0.3 is 24.3 Å². The van der Waals surface area contributed by atoms with Gasteiger partial charge in [0.2, 0.25) is 0 Å². The third-order valence-corrected chi connectivity index (χ3v) is 3.54. The minimum atomic E-state index is 0.538. The molecule has 0 unspecified atom stereocenters. The number of methoxy groups -OCH3 is 1. The molecule has 0 bridgehead atoms. The summed E-state index contributed by atoms with van der Waals surface area (Å²) < 4.78 is 21.8. The summed E-state index contributed by atoms with van der Waals surface area (Å²) in [7, 11) is 1.67. The average molecular weight is 345 g/mol. The molecule has 0 saturated heterocycles. The maximum absolute atomic E-state index is 5.76. The Hall–Kier alpha value is -2.24. The first-order valence-electron chi connectivity index (χ1n) is 8.57. The zero-order valence-electron chi connectivity index (χ0n) is 15.0. The van der Waals surface area contributed by atoms with Crippen LogP contribution >= 0.6 is 0 Å². The lowest BCUT2D eigenvalue weighted by atomic mass is 10.2. The van der Waals surface area contributed by atoms with Crippen molar-refractivity contribution in [3.8, 4) is 11.5 Å². The summed E-state index contributed by atoms with van der Waals surface area (Å²) in [5.74, 6) is 1.70. The summed E-state index contributed by atoms with van der Waals surface area (Å²) in [5.41, 5.74) is 2.10. The van der Waals surface area contributed by atoms with Crippen molar-refractivity contribution < 1.29 is 18.9 Å². The van der Waals surface area contributed by atoms with Crippen molar-refractivity contribution in [1.29, 1.82) is 0 Å². The zero-order valence-corrected chi connectivity index (χ0v) is 15.0. The van der Waals surface area contributed by atoms with Crippen LogP contribution in [-0.4, -0.2) is 40.1 Å². The van der Waals surface area contributed by atoms with E-state index in [-0.39, 0.29) is 0 Å². The molecule has 0 saturated carbocycles. The van der Waals surface area contributed by atoms with E-state index in [1.807, 2.05) is 49.4 Å². The van der Waals surface area contributed by atoms with Crippen molar-refractivity contribution in [3.63, 3.8) is 0 Å². The van der Waals surface area contributed by atoms with Crippen molar-refractivity contribution in [3.05, 3.63) is 54.1 Å². The predicted molar refractivity (Wildman–Crippen MR) is 99.6 cm³/mol. The van der Waals surface area contributed by atoms with Gasteiger partial charge in [-0.15, -0.1) is 0 Å². The van der Waals surface area contributed by atoms with Gasteiger partial charge in [0.25, 0.3) is 0 Å². The Balaban J connectivity index is 1.88. The van der Waals surface area contributed by atoms with E-state index < -0.39 is 0 Å². The smallest absolute Gasteiger partial charge is 0.124 e. The number of anilines is 1. The third-order valence-electron chi connectivity index (χ3n) is 3.54. The summed E-state index contributed by atoms with van der Waals surface area (Å²) in [4.78, 5) is 0. The summed E-state index contributed by atoms with van der Waals surface area (Å²) in [6.45, 7) is 5.61. The molecule has 136 valence electrons. The maximum Gasteiger partial charge on any atom is 0.124 e. The van der Waals surface area contributed by atoms with E-state index in [1.165, 1.54) is 0 Å². The number of rotatable bonds is 12. The first kappa shape index (κ1) is 19.1. The molecule has 0 aromatic heterocycles. The van der Waals surface area contributed by atoms with Crippen LogP contribution in [0.15, 0.2) is 48.5 Å². The Labute approximate surface area is 149 Å². The van der Waals surface area contributed by atoms with Gasteiger partial charge in [-0.25, -0.2) is 0 Å². The quantitative estimate of drug-likeness (QED) is 0.594. The molecule has 5 nitrogen and oxygen atoms in total. The summed E-state index contributed by atoms with van der Waals surface area (Å²) in [5, 5.41) is 3.41. The van der Waals surface area contributed by atoms with Crippen LogP contribution in [0.25, 0.3) is 0 Å². The van der Waals surface area contributed by atoms with Gasteiger partial charge in [0.1, 0.15) is 24.7 Å². The van der Waals surface area contributed by atoms with E-state index in [1.54, 1.807) is 7.11 Å². The molecule has 2 rings (SSSR count). The molecule has 2 aromatic rings. The molecule has 0 atom stereocenters. The van der Waals surface area contributed by atoms with E-state index in [2.05, 4.69) is 11.4 Å². The Morgan fingerprint density at radius 1 is 0.880 bits per heavy atom. The molecule has 0 aliphatic carbocycles. The fraction of sp³-hybridized carbons (Fsp3) is 0.400. The van der Waals surface area contributed by atoms with E-state index >= 15 is 0 Å². The van der Waals surface area contributed by atoms with Gasteiger partial charge in [0.05, 0.1) is 13.2 Å². The molecule has 0 aliphatic heterocycles. The summed E-state index contributed by atoms with van der Waals surface area (Å²) >= 11 is 0. The van der Waals surface area contributed by atoms with E-state index in [4.69, 9.17) is 18.9 Å². The standard InChI is InChI=1S/C20H27NO4/c1-3-23-12-14-24-19-9-6-8-18(15-19)21-16-17-7-4-5-10-20(17)25-13-11-22-2/h4-10,15,21H,3,11-14,16H2,1-2H3. The zero-order chi connectivity index (χ0) is 17.7. The third kappa shape index (κ3) is 7.03. The summed E-state index contributed by atoms with van der Waals surface area (Å²) in [6, 6.07) is 15.9. The lowest BCUT2D eigenvalue weighted by molar-refractivity contribution is 0.110. The average Bonchev–Trinajstić information content (AvgIpc) is 2.65. The van der Waals surface area contributed by atoms with Crippen LogP contribution in [0.1, 0.15) is 12.5 Å². The van der Waals surface area contributed by atoms with E-state index in [0.29, 0.717) is 39.6 Å². The van der Waals surface area contributed by atoms with Gasteiger partial charge in [0, 0.05) is 37.6 Å². The lowest BCUT2D eigenvalue weighted by Gasteiger charge is -2.13. The molecule has 0 radical (unpaired) electrons. The van der Waals surface area contributed by atoms with Crippen molar-refractivity contribution in [2.45, 2.75) is 13.5 Å². The Bertz CT molecular complexity index is 618. The molecule has 2 aromatic carbocycles. The minimum Gasteiger partial charge on any atom is -0.491 e. The van der Waals surface area contributed by atoms with Crippen molar-refractivity contribution in [2.24, 2.45) is 0 Å². The van der Waals surface area contributed by atoms with Crippen molar-refractivity contribution in [2.75, 3.05) is 45.5 Å². The molecular formula is C20H27NO4. The van der Waals surface area contributed by atoms with Crippen LogP contribution in [0, 0.1) is 0 Å². The molecular weight excluding hydrogens is 318 g/mol. The second-order valence-corrected chi connectivity index (χ2v) is 5.38. The molecule has 0 spiro atoms. The highest BCUT2D eigenvalue weighted by Gasteiger charge is 2.04. The number of hydrogen-bond donors (Lipinski definition) is 1. The van der Waals surface area contributed by atoms with Gasteiger partial charge in [-0.2, -0.15) is 0 Å². The van der Waals surface area contributed by atoms with Crippen molar-refractivity contribution >= 4 is 5.69 Å². The topological polar surface area (TPSA) is 49.0 Å². The molecule has 0 fully saturated rings. The maximum atomic E-state index is 5.76. The number of para-hydroxylation sites is 1. The second-order valence-electron chi connectivity index (χ2n) is 5.38. The van der Waals surface area contributed by atoms with Gasteiger partial charge in [-0.1, -0.05) is 24.3 Å². The van der Waals surface area contributed by atoms with Crippen LogP contribution < -0.4 is 14.8 Å². The molecule has 25 heavy (non-hydrogen) atoms. The minimum absolute atomic E-state index is 0.538. The van der Waals surface area contributed by atoms with Crippen molar-refractivity contribution in [1.82, 2.24) is 0 Å². The molecule has 0 amide bonds. The van der Waals surface area contributed by atoms with Crippen LogP contribution in [0.5, 0.6) is 11.5 Å². The number of hydrogen-bond acceptors (Lipinski definition) is 5. The highest BCUT2D eigenvalue weighted by molar-refractivity contribution is 5.49. The van der Waals surface area contributed by atoms with Gasteiger partial charge >= 0.3 is 0 Å². The normalized spacial score (nSPS) is 10.5. The van der Waals surface area contributed by atoms with Crippen LogP contribution in [0.2, 0.25) is 0 Å². The van der Waals surface area contributed by atoms with E-state index in [0.717, 1.165) is 22.7 Å². The highest BCUT2D eigenvalue weighted by atomic mass is 16.5. The number of benzene rings is 2.